The molecule has 1 N–H and O–H groups in total. The SMILES string of the molecule is CC1CC1c1ccc(CNC2CCCCC2(C)C)o1. The maximum atomic E-state index is 5.97. The molecule has 2 fully saturated rings. The second kappa shape index (κ2) is 4.97. The van der Waals surface area contributed by atoms with E-state index in [2.05, 4.69) is 38.2 Å². The van der Waals surface area contributed by atoms with Crippen LogP contribution in [0.2, 0.25) is 0 Å². The summed E-state index contributed by atoms with van der Waals surface area (Å²) in [7, 11) is 0. The van der Waals surface area contributed by atoms with E-state index in [9.17, 15) is 0 Å². The zero-order valence-electron chi connectivity index (χ0n) is 12.5. The van der Waals surface area contributed by atoms with E-state index in [1.54, 1.807) is 0 Å². The first-order valence-electron chi connectivity index (χ1n) is 7.88. The van der Waals surface area contributed by atoms with Crippen molar-refractivity contribution < 1.29 is 4.42 Å². The number of nitrogens with one attached hydrogen (secondary N) is 1. The maximum Gasteiger partial charge on any atom is 0.117 e. The maximum absolute atomic E-state index is 5.97. The summed E-state index contributed by atoms with van der Waals surface area (Å²) in [5, 5.41) is 3.72. The average Bonchev–Trinajstić information content (AvgIpc) is 2.90. The Labute approximate surface area is 117 Å². The molecule has 0 bridgehead atoms. The molecule has 2 saturated carbocycles. The lowest BCUT2D eigenvalue weighted by Gasteiger charge is -2.39. The Morgan fingerprint density at radius 3 is 2.79 bits per heavy atom. The summed E-state index contributed by atoms with van der Waals surface area (Å²) in [5.41, 5.74) is 0.429. The molecule has 106 valence electrons. The van der Waals surface area contributed by atoms with E-state index in [-0.39, 0.29) is 0 Å². The molecule has 2 aliphatic carbocycles. The molecule has 3 atom stereocenters. The first kappa shape index (κ1) is 13.2. The third-order valence-electron chi connectivity index (χ3n) is 5.19. The molecule has 1 aromatic rings. The van der Waals surface area contributed by atoms with Crippen LogP contribution in [-0.2, 0) is 6.54 Å². The van der Waals surface area contributed by atoms with Gasteiger partial charge in [-0.1, -0.05) is 33.6 Å². The van der Waals surface area contributed by atoms with E-state index in [4.69, 9.17) is 4.42 Å². The van der Waals surface area contributed by atoms with Crippen molar-refractivity contribution in [2.75, 3.05) is 0 Å². The van der Waals surface area contributed by atoms with E-state index in [0.29, 0.717) is 17.4 Å². The molecule has 0 aromatic carbocycles. The van der Waals surface area contributed by atoms with Crippen LogP contribution in [0.1, 0.15) is 70.3 Å². The van der Waals surface area contributed by atoms with Gasteiger partial charge in [-0.2, -0.15) is 0 Å². The van der Waals surface area contributed by atoms with Crippen molar-refractivity contribution in [1.29, 1.82) is 0 Å². The molecule has 2 nitrogen and oxygen atoms in total. The quantitative estimate of drug-likeness (QED) is 0.865. The molecule has 1 heterocycles. The minimum absolute atomic E-state index is 0.429. The Morgan fingerprint density at radius 2 is 2.11 bits per heavy atom. The Balaban J connectivity index is 1.55. The van der Waals surface area contributed by atoms with Gasteiger partial charge in [-0.05, 0) is 42.7 Å². The molecule has 0 amide bonds. The van der Waals surface area contributed by atoms with Gasteiger partial charge < -0.3 is 9.73 Å². The molecule has 2 heteroatoms. The molecular formula is C17H27NO. The lowest BCUT2D eigenvalue weighted by Crippen LogP contribution is -2.43. The highest BCUT2D eigenvalue weighted by atomic mass is 16.3. The zero-order chi connectivity index (χ0) is 13.5. The van der Waals surface area contributed by atoms with Crippen molar-refractivity contribution in [2.24, 2.45) is 11.3 Å². The van der Waals surface area contributed by atoms with Gasteiger partial charge >= 0.3 is 0 Å². The van der Waals surface area contributed by atoms with Crippen molar-refractivity contribution in [2.45, 2.75) is 71.4 Å². The zero-order valence-corrected chi connectivity index (χ0v) is 12.5. The van der Waals surface area contributed by atoms with Crippen LogP contribution in [0.4, 0.5) is 0 Å². The predicted octanol–water partition coefficient (Wildman–Crippen LogP) is 4.46. The molecule has 0 aliphatic heterocycles. The third-order valence-corrected chi connectivity index (χ3v) is 5.19. The minimum atomic E-state index is 0.429. The van der Waals surface area contributed by atoms with Crippen LogP contribution in [0, 0.1) is 11.3 Å². The molecule has 0 saturated heterocycles. The second-order valence-electron chi connectivity index (χ2n) is 7.29. The van der Waals surface area contributed by atoms with Crippen molar-refractivity contribution in [3.63, 3.8) is 0 Å². The largest absolute Gasteiger partial charge is 0.464 e. The summed E-state index contributed by atoms with van der Waals surface area (Å²) >= 11 is 0. The standard InChI is InChI=1S/C17H27NO/c1-12-10-14(12)15-8-7-13(19-15)11-18-16-6-4-5-9-17(16,2)3/h7-8,12,14,16,18H,4-6,9-11H2,1-3H3. The number of hydrogen-bond acceptors (Lipinski definition) is 2. The molecule has 19 heavy (non-hydrogen) atoms. The molecule has 3 unspecified atom stereocenters. The number of rotatable bonds is 4. The van der Waals surface area contributed by atoms with Gasteiger partial charge in [0.2, 0.25) is 0 Å². The summed E-state index contributed by atoms with van der Waals surface area (Å²) in [5.74, 6) is 3.83. The van der Waals surface area contributed by atoms with Gasteiger partial charge in [-0.3, -0.25) is 0 Å². The highest BCUT2D eigenvalue weighted by Crippen LogP contribution is 2.47. The van der Waals surface area contributed by atoms with E-state index in [0.717, 1.165) is 18.2 Å². The molecular weight excluding hydrogens is 234 g/mol. The number of hydrogen-bond donors (Lipinski definition) is 1. The first-order chi connectivity index (χ1) is 9.06. The van der Waals surface area contributed by atoms with Crippen molar-refractivity contribution in [3.05, 3.63) is 23.7 Å². The van der Waals surface area contributed by atoms with Gasteiger partial charge in [-0.25, -0.2) is 0 Å². The van der Waals surface area contributed by atoms with E-state index in [1.807, 2.05) is 0 Å². The Bertz CT molecular complexity index is 434. The monoisotopic (exact) mass is 261 g/mol. The summed E-state index contributed by atoms with van der Waals surface area (Å²) in [6.45, 7) is 7.97. The minimum Gasteiger partial charge on any atom is -0.464 e. The molecule has 0 radical (unpaired) electrons. The Morgan fingerprint density at radius 1 is 1.32 bits per heavy atom. The van der Waals surface area contributed by atoms with Crippen molar-refractivity contribution in [1.82, 2.24) is 5.32 Å². The van der Waals surface area contributed by atoms with Gasteiger partial charge in [0, 0.05) is 12.0 Å². The van der Waals surface area contributed by atoms with Crippen molar-refractivity contribution >= 4 is 0 Å². The summed E-state index contributed by atoms with van der Waals surface area (Å²) in [6, 6.07) is 4.97. The summed E-state index contributed by atoms with van der Waals surface area (Å²) < 4.78 is 5.97. The van der Waals surface area contributed by atoms with Crippen LogP contribution in [-0.4, -0.2) is 6.04 Å². The van der Waals surface area contributed by atoms with Crippen LogP contribution >= 0.6 is 0 Å². The second-order valence-corrected chi connectivity index (χ2v) is 7.29. The molecule has 3 rings (SSSR count). The van der Waals surface area contributed by atoms with Gasteiger partial charge in [0.25, 0.3) is 0 Å². The average molecular weight is 261 g/mol. The Hall–Kier alpha value is -0.760. The lowest BCUT2D eigenvalue weighted by molar-refractivity contribution is 0.164. The van der Waals surface area contributed by atoms with Crippen LogP contribution in [0.3, 0.4) is 0 Å². The van der Waals surface area contributed by atoms with Gasteiger partial charge in [-0.15, -0.1) is 0 Å². The number of furan rings is 1. The fourth-order valence-corrected chi connectivity index (χ4v) is 3.50. The fraction of sp³-hybridized carbons (Fsp3) is 0.765. The third kappa shape index (κ3) is 2.89. The highest BCUT2D eigenvalue weighted by Gasteiger charge is 2.36. The highest BCUT2D eigenvalue weighted by molar-refractivity contribution is 5.17. The summed E-state index contributed by atoms with van der Waals surface area (Å²) in [4.78, 5) is 0. The smallest absolute Gasteiger partial charge is 0.117 e. The van der Waals surface area contributed by atoms with Crippen LogP contribution < -0.4 is 5.32 Å². The van der Waals surface area contributed by atoms with Gasteiger partial charge in [0.15, 0.2) is 0 Å². The van der Waals surface area contributed by atoms with E-state index >= 15 is 0 Å². The van der Waals surface area contributed by atoms with Crippen LogP contribution in [0.15, 0.2) is 16.5 Å². The first-order valence-corrected chi connectivity index (χ1v) is 7.88. The normalized spacial score (nSPS) is 33.3. The van der Waals surface area contributed by atoms with Gasteiger partial charge in [0.1, 0.15) is 11.5 Å². The summed E-state index contributed by atoms with van der Waals surface area (Å²) in [6.07, 6.45) is 6.70. The lowest BCUT2D eigenvalue weighted by atomic mass is 9.73. The Kier molecular flexibility index (Phi) is 3.46. The van der Waals surface area contributed by atoms with Crippen LogP contribution in [0.5, 0.6) is 0 Å². The molecule has 2 aliphatic rings. The van der Waals surface area contributed by atoms with E-state index < -0.39 is 0 Å². The predicted molar refractivity (Wildman–Crippen MR) is 78.1 cm³/mol. The molecule has 0 spiro atoms. The van der Waals surface area contributed by atoms with Crippen molar-refractivity contribution in [3.8, 4) is 0 Å². The van der Waals surface area contributed by atoms with Crippen LogP contribution in [0.25, 0.3) is 0 Å². The van der Waals surface area contributed by atoms with E-state index in [1.165, 1.54) is 37.9 Å². The topological polar surface area (TPSA) is 25.2 Å². The van der Waals surface area contributed by atoms with Gasteiger partial charge in [0.05, 0.1) is 6.54 Å². The molecule has 1 aromatic heterocycles. The fourth-order valence-electron chi connectivity index (χ4n) is 3.50.